The molecule has 4 rings (SSSR count). The molecule has 0 aromatic carbocycles. The number of amides is 1. The first-order valence-corrected chi connectivity index (χ1v) is 10.1. The number of carbonyl (C=O) groups excluding carboxylic acids is 1. The summed E-state index contributed by atoms with van der Waals surface area (Å²) in [5.41, 5.74) is 9.03. The van der Waals surface area contributed by atoms with Crippen molar-refractivity contribution in [3.63, 3.8) is 0 Å². The van der Waals surface area contributed by atoms with Crippen molar-refractivity contribution in [1.29, 1.82) is 0 Å². The summed E-state index contributed by atoms with van der Waals surface area (Å²) in [7, 11) is 0. The number of aliphatic imine (C=N–C) groups is 2. The summed E-state index contributed by atoms with van der Waals surface area (Å²) in [4.78, 5) is 24.5. The van der Waals surface area contributed by atoms with Crippen LogP contribution < -0.4 is 16.4 Å². The largest absolute Gasteiger partial charge is 0.381 e. The van der Waals surface area contributed by atoms with Gasteiger partial charge >= 0.3 is 0 Å². The van der Waals surface area contributed by atoms with E-state index in [-0.39, 0.29) is 18.4 Å². The lowest BCUT2D eigenvalue weighted by atomic mass is 10.1. The maximum atomic E-state index is 12.4. The van der Waals surface area contributed by atoms with E-state index in [1.165, 1.54) is 5.56 Å². The van der Waals surface area contributed by atoms with Gasteiger partial charge in [-0.05, 0) is 49.4 Å². The summed E-state index contributed by atoms with van der Waals surface area (Å²) in [6, 6.07) is 2.34. The molecule has 0 unspecified atom stereocenters. The van der Waals surface area contributed by atoms with Crippen molar-refractivity contribution in [2.45, 2.75) is 32.2 Å². The highest BCUT2D eigenvalue weighted by molar-refractivity contribution is 7.11. The van der Waals surface area contributed by atoms with Gasteiger partial charge in [-0.25, -0.2) is 9.98 Å². The van der Waals surface area contributed by atoms with Crippen molar-refractivity contribution in [2.75, 3.05) is 19.6 Å². The van der Waals surface area contributed by atoms with Crippen LogP contribution in [0.4, 0.5) is 0 Å². The lowest BCUT2D eigenvalue weighted by molar-refractivity contribution is -0.121. The van der Waals surface area contributed by atoms with Crippen LogP contribution in [-0.2, 0) is 4.79 Å². The fourth-order valence-electron chi connectivity index (χ4n) is 3.48. The number of fused-ring (bicyclic) bond motifs is 1. The first kappa shape index (κ1) is 17.9. The third-order valence-electron chi connectivity index (χ3n) is 4.85. The van der Waals surface area contributed by atoms with Crippen LogP contribution in [0.1, 0.15) is 29.7 Å². The molecule has 0 radical (unpaired) electrons. The first-order chi connectivity index (χ1) is 13.1. The molecule has 8 heteroatoms. The van der Waals surface area contributed by atoms with Crippen molar-refractivity contribution in [1.82, 2.24) is 15.5 Å². The van der Waals surface area contributed by atoms with Crippen molar-refractivity contribution >= 4 is 34.6 Å². The predicted molar refractivity (Wildman–Crippen MR) is 110 cm³/mol. The molecule has 0 aliphatic carbocycles. The van der Waals surface area contributed by atoms with Crippen molar-refractivity contribution < 1.29 is 4.79 Å². The smallest absolute Gasteiger partial charge is 0.226 e. The number of aryl methyl sites for hydroxylation is 1. The van der Waals surface area contributed by atoms with E-state index < -0.39 is 0 Å². The SMILES string of the molecule is Cc1csc(C2=CN=C(N)C3=NC(CC(=O)N[C@@H]4CCCNC4)=CCN23)c1. The van der Waals surface area contributed by atoms with Crippen LogP contribution in [0.25, 0.3) is 5.70 Å². The monoisotopic (exact) mass is 384 g/mol. The number of hydrogen-bond donors (Lipinski definition) is 3. The number of piperidine rings is 1. The van der Waals surface area contributed by atoms with Gasteiger partial charge in [-0.2, -0.15) is 0 Å². The molecule has 4 N–H and O–H groups in total. The average molecular weight is 385 g/mol. The Morgan fingerprint density at radius 1 is 1.52 bits per heavy atom. The molecule has 1 amide bonds. The van der Waals surface area contributed by atoms with E-state index in [4.69, 9.17) is 5.73 Å². The topological polar surface area (TPSA) is 95.1 Å². The molecule has 1 aromatic rings. The number of thiophene rings is 1. The van der Waals surface area contributed by atoms with E-state index in [1.807, 2.05) is 6.08 Å². The third kappa shape index (κ3) is 3.96. The Balaban J connectivity index is 1.45. The summed E-state index contributed by atoms with van der Waals surface area (Å²) in [5.74, 6) is 1.02. The van der Waals surface area contributed by atoms with Gasteiger partial charge in [-0.3, -0.25) is 4.79 Å². The zero-order valence-electron chi connectivity index (χ0n) is 15.4. The molecule has 0 saturated carbocycles. The highest BCUT2D eigenvalue weighted by atomic mass is 32.1. The van der Waals surface area contributed by atoms with Gasteiger partial charge in [-0.15, -0.1) is 11.3 Å². The maximum Gasteiger partial charge on any atom is 0.226 e. The Labute approximate surface area is 162 Å². The first-order valence-electron chi connectivity index (χ1n) is 9.25. The lowest BCUT2D eigenvalue weighted by Gasteiger charge is -2.31. The fourth-order valence-corrected chi connectivity index (χ4v) is 4.40. The number of nitrogens with two attached hydrogens (primary N) is 1. The molecule has 1 aromatic heterocycles. The number of hydrogen-bond acceptors (Lipinski definition) is 7. The number of amidine groups is 2. The molecule has 0 bridgehead atoms. The van der Waals surface area contributed by atoms with Gasteiger partial charge in [0.15, 0.2) is 11.7 Å². The van der Waals surface area contributed by atoms with Crippen LogP contribution in [0, 0.1) is 6.92 Å². The van der Waals surface area contributed by atoms with Crippen molar-refractivity contribution in [3.8, 4) is 0 Å². The molecule has 0 spiro atoms. The number of rotatable bonds is 4. The minimum Gasteiger partial charge on any atom is -0.381 e. The summed E-state index contributed by atoms with van der Waals surface area (Å²) in [6.07, 6.45) is 6.16. The van der Waals surface area contributed by atoms with Gasteiger partial charge in [0.1, 0.15) is 0 Å². The standard InChI is InChI=1S/C19H24N6OS/c1-12-7-16(27-11-12)15-10-22-18(20)19-24-13(4-6-25(15)19)8-17(26)23-14-3-2-5-21-9-14/h4,7,10-11,14,21H,2-3,5-6,8-9H2,1H3,(H2,20,22)(H,23,26)/t14-/m1/s1. The van der Waals surface area contributed by atoms with E-state index in [0.29, 0.717) is 18.2 Å². The fraction of sp³-hybridized carbons (Fsp3) is 0.421. The van der Waals surface area contributed by atoms with Gasteiger partial charge in [0.05, 0.1) is 28.9 Å². The van der Waals surface area contributed by atoms with Gasteiger partial charge < -0.3 is 21.3 Å². The lowest BCUT2D eigenvalue weighted by Crippen LogP contribution is -2.46. The van der Waals surface area contributed by atoms with Crippen LogP contribution in [0.3, 0.4) is 0 Å². The minimum absolute atomic E-state index is 0.00344. The van der Waals surface area contributed by atoms with Crippen LogP contribution in [-0.4, -0.2) is 48.2 Å². The molecule has 4 heterocycles. The average Bonchev–Trinajstić information content (AvgIpc) is 3.09. The summed E-state index contributed by atoms with van der Waals surface area (Å²) < 4.78 is 0. The van der Waals surface area contributed by atoms with Gasteiger partial charge in [0, 0.05) is 19.1 Å². The maximum absolute atomic E-state index is 12.4. The van der Waals surface area contributed by atoms with Crippen molar-refractivity contribution in [2.24, 2.45) is 15.7 Å². The zero-order valence-corrected chi connectivity index (χ0v) is 16.2. The van der Waals surface area contributed by atoms with E-state index in [1.54, 1.807) is 17.5 Å². The van der Waals surface area contributed by atoms with Gasteiger partial charge in [0.2, 0.25) is 5.91 Å². The molecule has 3 aliphatic heterocycles. The van der Waals surface area contributed by atoms with E-state index in [0.717, 1.165) is 42.2 Å². The zero-order chi connectivity index (χ0) is 18.8. The van der Waals surface area contributed by atoms with E-state index in [9.17, 15) is 4.79 Å². The second kappa shape index (κ2) is 7.66. The molecule has 7 nitrogen and oxygen atoms in total. The Morgan fingerprint density at radius 2 is 2.41 bits per heavy atom. The highest BCUT2D eigenvalue weighted by Crippen LogP contribution is 2.30. The van der Waals surface area contributed by atoms with Crippen LogP contribution >= 0.6 is 11.3 Å². The molecular formula is C19H24N6OS. The van der Waals surface area contributed by atoms with Crippen molar-refractivity contribution in [3.05, 3.63) is 39.9 Å². The van der Waals surface area contributed by atoms with Gasteiger partial charge in [0.25, 0.3) is 0 Å². The number of nitrogens with zero attached hydrogens (tertiary/aromatic N) is 3. The highest BCUT2D eigenvalue weighted by Gasteiger charge is 2.27. The normalized spacial score (nSPS) is 22.3. The Morgan fingerprint density at radius 3 is 3.15 bits per heavy atom. The van der Waals surface area contributed by atoms with E-state index >= 15 is 0 Å². The summed E-state index contributed by atoms with van der Waals surface area (Å²) in [6.45, 7) is 4.57. The van der Waals surface area contributed by atoms with Gasteiger partial charge in [-0.1, -0.05) is 0 Å². The number of carbonyl (C=O) groups is 1. The quantitative estimate of drug-likeness (QED) is 0.735. The van der Waals surface area contributed by atoms with Crippen LogP contribution in [0.2, 0.25) is 0 Å². The molecular weight excluding hydrogens is 360 g/mol. The molecule has 1 atom stereocenters. The molecule has 1 saturated heterocycles. The molecule has 27 heavy (non-hydrogen) atoms. The Hall–Kier alpha value is -2.45. The van der Waals surface area contributed by atoms with E-state index in [2.05, 4.69) is 43.9 Å². The number of nitrogens with one attached hydrogen (secondary N) is 2. The molecule has 142 valence electrons. The second-order valence-electron chi connectivity index (χ2n) is 7.05. The molecule has 1 fully saturated rings. The third-order valence-corrected chi connectivity index (χ3v) is 5.92. The predicted octanol–water partition coefficient (Wildman–Crippen LogP) is 1.58. The van der Waals surface area contributed by atoms with Crippen LogP contribution in [0.5, 0.6) is 0 Å². The summed E-state index contributed by atoms with van der Waals surface area (Å²) >= 11 is 1.68. The Kier molecular flexibility index (Phi) is 5.09. The van der Waals surface area contributed by atoms with Crippen LogP contribution in [0.15, 0.2) is 39.4 Å². The second-order valence-corrected chi connectivity index (χ2v) is 7.96. The molecule has 3 aliphatic rings. The Bertz CT molecular complexity index is 859. The minimum atomic E-state index is 0.00344. The summed E-state index contributed by atoms with van der Waals surface area (Å²) in [5, 5.41) is 8.51.